The van der Waals surface area contributed by atoms with Crippen LogP contribution in [0.3, 0.4) is 0 Å². The molecule has 4 nitrogen and oxygen atoms in total. The number of nitrogens with one attached hydrogen (secondary N) is 1. The smallest absolute Gasteiger partial charge is 0.153 e. The van der Waals surface area contributed by atoms with Crippen molar-refractivity contribution in [1.29, 1.82) is 0 Å². The maximum atomic E-state index is 5.76. The molecule has 0 aliphatic carbocycles. The molecule has 0 bridgehead atoms. The molecule has 15 heavy (non-hydrogen) atoms. The van der Waals surface area contributed by atoms with E-state index in [1.807, 2.05) is 6.26 Å². The Morgan fingerprint density at radius 1 is 1.60 bits per heavy atom. The van der Waals surface area contributed by atoms with E-state index in [0.29, 0.717) is 11.9 Å². The monoisotopic (exact) mass is 246 g/mol. The van der Waals surface area contributed by atoms with E-state index in [-0.39, 0.29) is 0 Å². The highest BCUT2D eigenvalue weighted by Crippen LogP contribution is 2.34. The molecule has 0 aromatic carbocycles. The summed E-state index contributed by atoms with van der Waals surface area (Å²) in [6.07, 6.45) is 2.02. The quantitative estimate of drug-likeness (QED) is 0.776. The molecule has 3 N–H and O–H groups in total. The van der Waals surface area contributed by atoms with Crippen LogP contribution in [-0.2, 0) is 0 Å². The summed E-state index contributed by atoms with van der Waals surface area (Å²) in [5.41, 5.74) is 5.76. The van der Waals surface area contributed by atoms with E-state index < -0.39 is 0 Å². The zero-order chi connectivity index (χ0) is 11.4. The molecule has 1 heterocycles. The Labute approximate surface area is 99.4 Å². The minimum Gasteiger partial charge on any atom is -0.382 e. The molecule has 6 heteroatoms. The zero-order valence-electron chi connectivity index (χ0n) is 9.57. The molecule has 1 unspecified atom stereocenters. The fourth-order valence-corrected chi connectivity index (χ4v) is 3.04. The molecular weight excluding hydrogens is 228 g/mol. The highest BCUT2D eigenvalue weighted by Gasteiger charge is 2.12. The molecule has 0 fully saturated rings. The molecule has 0 saturated heterocycles. The average Bonchev–Trinajstić information content (AvgIpc) is 2.45. The molecule has 1 atom stereocenters. The van der Waals surface area contributed by atoms with Crippen molar-refractivity contribution in [2.24, 2.45) is 0 Å². The Bertz CT molecular complexity index is 311. The van der Waals surface area contributed by atoms with Gasteiger partial charge in [-0.3, -0.25) is 0 Å². The van der Waals surface area contributed by atoms with Crippen LogP contribution in [0.2, 0.25) is 0 Å². The van der Waals surface area contributed by atoms with E-state index in [4.69, 9.17) is 5.73 Å². The predicted molar refractivity (Wildman–Crippen MR) is 69.9 cm³/mol. The van der Waals surface area contributed by atoms with Gasteiger partial charge in [-0.05, 0) is 38.8 Å². The van der Waals surface area contributed by atoms with E-state index >= 15 is 0 Å². The second-order valence-corrected chi connectivity index (χ2v) is 5.33. The van der Waals surface area contributed by atoms with E-state index in [1.54, 1.807) is 11.8 Å². The number of likely N-dealkylation sites (N-methyl/N-ethyl adjacent to an activating group) is 1. The number of hydrogen-bond acceptors (Lipinski definition) is 6. The van der Waals surface area contributed by atoms with Gasteiger partial charge in [0.05, 0.1) is 4.90 Å². The second kappa shape index (κ2) is 5.58. The lowest BCUT2D eigenvalue weighted by Gasteiger charge is -2.18. The van der Waals surface area contributed by atoms with Crippen molar-refractivity contribution in [3.8, 4) is 0 Å². The third-order valence-corrected chi connectivity index (χ3v) is 3.64. The van der Waals surface area contributed by atoms with E-state index in [0.717, 1.165) is 16.4 Å². The number of anilines is 2. The van der Waals surface area contributed by atoms with Crippen LogP contribution >= 0.6 is 23.3 Å². The molecule has 86 valence electrons. The van der Waals surface area contributed by atoms with Gasteiger partial charge in [0, 0.05) is 12.6 Å². The van der Waals surface area contributed by atoms with Crippen molar-refractivity contribution in [2.45, 2.75) is 17.9 Å². The van der Waals surface area contributed by atoms with Crippen molar-refractivity contribution in [1.82, 2.24) is 9.27 Å². The summed E-state index contributed by atoms with van der Waals surface area (Å²) in [4.78, 5) is 3.21. The van der Waals surface area contributed by atoms with Crippen molar-refractivity contribution >= 4 is 34.1 Å². The number of nitrogen functional groups attached to an aromatic ring is 1. The Morgan fingerprint density at radius 3 is 2.80 bits per heavy atom. The summed E-state index contributed by atoms with van der Waals surface area (Å²) in [6, 6.07) is 0.394. The summed E-state index contributed by atoms with van der Waals surface area (Å²) in [5.74, 6) is 0.632. The number of nitrogens with zero attached hydrogens (tertiary/aromatic N) is 2. The number of aromatic nitrogens is 1. The number of thioether (sulfide) groups is 1. The molecule has 1 aromatic heterocycles. The van der Waals surface area contributed by atoms with Gasteiger partial charge < -0.3 is 16.0 Å². The van der Waals surface area contributed by atoms with Crippen molar-refractivity contribution in [2.75, 3.05) is 37.9 Å². The Hall–Kier alpha value is -0.460. The fourth-order valence-electron chi connectivity index (χ4n) is 1.40. The summed E-state index contributed by atoms with van der Waals surface area (Å²) >= 11 is 3.07. The van der Waals surface area contributed by atoms with Crippen molar-refractivity contribution < 1.29 is 0 Å². The maximum Gasteiger partial charge on any atom is 0.153 e. The SMILES string of the molecule is CSc1c(N)nsc1NC(C)CN(C)C. The van der Waals surface area contributed by atoms with Gasteiger partial charge in [-0.1, -0.05) is 0 Å². The van der Waals surface area contributed by atoms with Crippen LogP contribution in [0.25, 0.3) is 0 Å². The highest BCUT2D eigenvalue weighted by molar-refractivity contribution is 7.99. The normalized spacial score (nSPS) is 13.1. The van der Waals surface area contributed by atoms with Crippen LogP contribution in [0.1, 0.15) is 6.92 Å². The molecular formula is C9H18N4S2. The molecule has 0 spiro atoms. The lowest BCUT2D eigenvalue weighted by Crippen LogP contribution is -2.29. The molecule has 1 aromatic rings. The average molecular weight is 246 g/mol. The van der Waals surface area contributed by atoms with Crippen LogP contribution in [-0.4, -0.2) is 42.2 Å². The highest BCUT2D eigenvalue weighted by atomic mass is 32.2. The number of rotatable bonds is 5. The van der Waals surface area contributed by atoms with E-state index in [9.17, 15) is 0 Å². The van der Waals surface area contributed by atoms with E-state index in [2.05, 4.69) is 35.6 Å². The first-order valence-electron chi connectivity index (χ1n) is 4.75. The predicted octanol–water partition coefficient (Wildman–Crippen LogP) is 1.81. The first-order chi connectivity index (χ1) is 7.04. The van der Waals surface area contributed by atoms with E-state index in [1.165, 1.54) is 11.5 Å². The second-order valence-electron chi connectivity index (χ2n) is 3.74. The van der Waals surface area contributed by atoms with Crippen LogP contribution < -0.4 is 11.1 Å². The third-order valence-electron chi connectivity index (χ3n) is 1.89. The van der Waals surface area contributed by atoms with Gasteiger partial charge in [-0.2, -0.15) is 4.37 Å². The Morgan fingerprint density at radius 2 is 2.27 bits per heavy atom. The Kier molecular flexibility index (Phi) is 4.69. The standard InChI is InChI=1S/C9H18N4S2/c1-6(5-13(2)3)11-9-7(14-4)8(10)12-15-9/h6,11H,5H2,1-4H3,(H2,10,12). The maximum absolute atomic E-state index is 5.76. The van der Waals surface area contributed by atoms with Gasteiger partial charge >= 0.3 is 0 Å². The molecule has 0 aliphatic rings. The summed E-state index contributed by atoms with van der Waals surface area (Å²) < 4.78 is 4.14. The van der Waals surface area contributed by atoms with Gasteiger partial charge in [0.15, 0.2) is 5.82 Å². The minimum atomic E-state index is 0.394. The van der Waals surface area contributed by atoms with Crippen LogP contribution in [0, 0.1) is 0 Å². The molecule has 0 amide bonds. The van der Waals surface area contributed by atoms with Gasteiger partial charge in [0.2, 0.25) is 0 Å². The van der Waals surface area contributed by atoms with Crippen LogP contribution in [0.5, 0.6) is 0 Å². The van der Waals surface area contributed by atoms with Crippen molar-refractivity contribution in [3.05, 3.63) is 0 Å². The summed E-state index contributed by atoms with van der Waals surface area (Å²) in [6.45, 7) is 3.14. The topological polar surface area (TPSA) is 54.2 Å². The number of nitrogens with two attached hydrogens (primary N) is 1. The first-order valence-corrected chi connectivity index (χ1v) is 6.74. The molecule has 0 aliphatic heterocycles. The van der Waals surface area contributed by atoms with Gasteiger partial charge in [0.25, 0.3) is 0 Å². The van der Waals surface area contributed by atoms with Gasteiger partial charge in [0.1, 0.15) is 5.00 Å². The lowest BCUT2D eigenvalue weighted by atomic mass is 10.3. The third kappa shape index (κ3) is 3.55. The number of hydrogen-bond donors (Lipinski definition) is 2. The minimum absolute atomic E-state index is 0.394. The summed E-state index contributed by atoms with van der Waals surface area (Å²) in [5, 5.41) is 4.51. The lowest BCUT2D eigenvalue weighted by molar-refractivity contribution is 0.392. The van der Waals surface area contributed by atoms with Crippen LogP contribution in [0.15, 0.2) is 4.90 Å². The molecule has 0 radical (unpaired) electrons. The largest absolute Gasteiger partial charge is 0.382 e. The van der Waals surface area contributed by atoms with Gasteiger partial charge in [-0.15, -0.1) is 11.8 Å². The molecule has 0 saturated carbocycles. The van der Waals surface area contributed by atoms with Crippen molar-refractivity contribution in [3.63, 3.8) is 0 Å². The fraction of sp³-hybridized carbons (Fsp3) is 0.667. The zero-order valence-corrected chi connectivity index (χ0v) is 11.2. The van der Waals surface area contributed by atoms with Crippen LogP contribution in [0.4, 0.5) is 10.8 Å². The van der Waals surface area contributed by atoms with Gasteiger partial charge in [-0.25, -0.2) is 0 Å². The summed E-state index contributed by atoms with van der Waals surface area (Å²) in [7, 11) is 4.13. The Balaban J connectivity index is 2.63. The first kappa shape index (κ1) is 12.6. The molecule has 1 rings (SSSR count).